The Kier molecular flexibility index (Phi) is 4.56. The highest BCUT2D eigenvalue weighted by Gasteiger charge is 2.18. The van der Waals surface area contributed by atoms with Crippen LogP contribution in [0.4, 0.5) is 0 Å². The molecule has 0 bridgehead atoms. The average Bonchev–Trinajstić information content (AvgIpc) is 2.62. The molecule has 2 unspecified atom stereocenters. The third-order valence-corrected chi connectivity index (χ3v) is 3.72. The lowest BCUT2D eigenvalue weighted by Crippen LogP contribution is -2.26. The molecule has 0 spiro atoms. The van der Waals surface area contributed by atoms with Gasteiger partial charge in [0.2, 0.25) is 0 Å². The predicted octanol–water partition coefficient (Wildman–Crippen LogP) is 3.92. The van der Waals surface area contributed by atoms with Crippen molar-refractivity contribution in [3.05, 3.63) is 96.1 Å². The minimum absolute atomic E-state index is 0.0533. The molecule has 0 fully saturated rings. The molecule has 22 heavy (non-hydrogen) atoms. The van der Waals surface area contributed by atoms with E-state index in [1.54, 1.807) is 6.20 Å². The molecule has 0 aliphatic carbocycles. The largest absolute Gasteiger partial charge is 0.298 e. The van der Waals surface area contributed by atoms with Gasteiger partial charge in [0.1, 0.15) is 0 Å². The van der Waals surface area contributed by atoms with Gasteiger partial charge in [-0.05, 0) is 36.2 Å². The van der Waals surface area contributed by atoms with Crippen LogP contribution in [0.5, 0.6) is 0 Å². The molecule has 3 rings (SSSR count). The molecule has 3 aromatic rings. The third-order valence-electron chi connectivity index (χ3n) is 3.72. The van der Waals surface area contributed by atoms with Gasteiger partial charge in [0.25, 0.3) is 0 Å². The number of rotatable bonds is 5. The zero-order chi connectivity index (χ0) is 15.2. The Hall–Kier alpha value is -2.52. The summed E-state index contributed by atoms with van der Waals surface area (Å²) in [5.41, 5.74) is 3.39. The van der Waals surface area contributed by atoms with Gasteiger partial charge >= 0.3 is 0 Å². The fourth-order valence-electron chi connectivity index (χ4n) is 2.52. The summed E-state index contributed by atoms with van der Waals surface area (Å²) < 4.78 is 0. The van der Waals surface area contributed by atoms with Crippen LogP contribution in [0.25, 0.3) is 0 Å². The summed E-state index contributed by atoms with van der Waals surface area (Å²) in [6.45, 7) is 2.15. The van der Waals surface area contributed by atoms with Crippen molar-refractivity contribution in [1.29, 1.82) is 0 Å². The second-order valence-electron chi connectivity index (χ2n) is 5.27. The lowest BCUT2D eigenvalue weighted by Gasteiger charge is -2.23. The van der Waals surface area contributed by atoms with Crippen molar-refractivity contribution in [2.24, 2.45) is 0 Å². The van der Waals surface area contributed by atoms with Gasteiger partial charge in [0, 0.05) is 24.6 Å². The van der Waals surface area contributed by atoms with Crippen LogP contribution in [0.15, 0.2) is 79.3 Å². The van der Waals surface area contributed by atoms with Gasteiger partial charge in [-0.2, -0.15) is 0 Å². The molecule has 2 heterocycles. The number of hydrogen-bond acceptors (Lipinski definition) is 3. The molecule has 2 atom stereocenters. The number of nitrogens with zero attached hydrogens (tertiary/aromatic N) is 2. The normalized spacial score (nSPS) is 13.5. The van der Waals surface area contributed by atoms with E-state index in [-0.39, 0.29) is 12.1 Å². The number of aromatic nitrogens is 2. The van der Waals surface area contributed by atoms with Crippen molar-refractivity contribution in [2.45, 2.75) is 19.0 Å². The van der Waals surface area contributed by atoms with Gasteiger partial charge in [-0.3, -0.25) is 15.3 Å². The van der Waals surface area contributed by atoms with Crippen LogP contribution in [0, 0.1) is 0 Å². The van der Waals surface area contributed by atoms with Crippen LogP contribution in [-0.4, -0.2) is 9.97 Å². The summed E-state index contributed by atoms with van der Waals surface area (Å²) in [6.07, 6.45) is 5.53. The number of benzene rings is 1. The van der Waals surface area contributed by atoms with E-state index in [2.05, 4.69) is 58.6 Å². The molecule has 3 heteroatoms. The highest BCUT2D eigenvalue weighted by atomic mass is 15.0. The Balaban J connectivity index is 1.90. The molecule has 110 valence electrons. The van der Waals surface area contributed by atoms with Gasteiger partial charge in [0.15, 0.2) is 0 Å². The number of pyridine rings is 2. The van der Waals surface area contributed by atoms with E-state index < -0.39 is 0 Å². The first kappa shape index (κ1) is 14.4. The molecule has 1 N–H and O–H groups in total. The van der Waals surface area contributed by atoms with E-state index in [9.17, 15) is 0 Å². The van der Waals surface area contributed by atoms with Crippen molar-refractivity contribution >= 4 is 0 Å². The highest BCUT2D eigenvalue weighted by molar-refractivity contribution is 5.28. The second kappa shape index (κ2) is 6.96. The molecular weight excluding hydrogens is 270 g/mol. The van der Waals surface area contributed by atoms with Gasteiger partial charge < -0.3 is 0 Å². The van der Waals surface area contributed by atoms with Crippen LogP contribution >= 0.6 is 0 Å². The summed E-state index contributed by atoms with van der Waals surface area (Å²) >= 11 is 0. The summed E-state index contributed by atoms with van der Waals surface area (Å²) in [5.74, 6) is 0. The van der Waals surface area contributed by atoms with Gasteiger partial charge in [-0.1, -0.05) is 42.5 Å². The van der Waals surface area contributed by atoms with Crippen LogP contribution in [-0.2, 0) is 0 Å². The minimum Gasteiger partial charge on any atom is -0.298 e. The predicted molar refractivity (Wildman–Crippen MR) is 88.3 cm³/mol. The summed E-state index contributed by atoms with van der Waals surface area (Å²) in [7, 11) is 0. The van der Waals surface area contributed by atoms with Crippen molar-refractivity contribution < 1.29 is 0 Å². The van der Waals surface area contributed by atoms with E-state index in [1.807, 2.05) is 36.7 Å². The Bertz CT molecular complexity index is 644. The fourth-order valence-corrected chi connectivity index (χ4v) is 2.52. The zero-order valence-electron chi connectivity index (χ0n) is 12.6. The standard InChI is InChI=1S/C19H19N3/c1-15(17-10-7-12-20-14-17)22-19(16-8-3-2-4-9-16)18-11-5-6-13-21-18/h2-15,19,22H,1H3. The monoisotopic (exact) mass is 289 g/mol. The first-order chi connectivity index (χ1) is 10.8. The highest BCUT2D eigenvalue weighted by Crippen LogP contribution is 2.24. The van der Waals surface area contributed by atoms with E-state index in [1.165, 1.54) is 11.1 Å². The van der Waals surface area contributed by atoms with Crippen LogP contribution in [0.1, 0.15) is 35.8 Å². The van der Waals surface area contributed by atoms with Crippen molar-refractivity contribution in [3.8, 4) is 0 Å². The van der Waals surface area contributed by atoms with Crippen molar-refractivity contribution in [2.75, 3.05) is 0 Å². The molecule has 0 aliphatic heterocycles. The molecule has 0 amide bonds. The molecular formula is C19H19N3. The molecule has 1 aromatic carbocycles. The van der Waals surface area contributed by atoms with E-state index in [0.717, 1.165) is 5.69 Å². The Morgan fingerprint density at radius 2 is 1.59 bits per heavy atom. The minimum atomic E-state index is 0.0533. The molecule has 0 radical (unpaired) electrons. The second-order valence-corrected chi connectivity index (χ2v) is 5.27. The maximum Gasteiger partial charge on any atom is 0.0756 e. The molecule has 3 nitrogen and oxygen atoms in total. The SMILES string of the molecule is CC(NC(c1ccccc1)c1ccccn1)c1cccnc1. The average molecular weight is 289 g/mol. The Labute approximate surface area is 131 Å². The summed E-state index contributed by atoms with van der Waals surface area (Å²) in [4.78, 5) is 8.73. The molecule has 0 aliphatic rings. The smallest absolute Gasteiger partial charge is 0.0756 e. The van der Waals surface area contributed by atoms with Crippen LogP contribution < -0.4 is 5.32 Å². The lowest BCUT2D eigenvalue weighted by atomic mass is 10.0. The molecule has 2 aromatic heterocycles. The maximum atomic E-state index is 4.52. The fraction of sp³-hybridized carbons (Fsp3) is 0.158. The van der Waals surface area contributed by atoms with Crippen molar-refractivity contribution in [1.82, 2.24) is 15.3 Å². The molecule has 0 saturated heterocycles. The first-order valence-corrected chi connectivity index (χ1v) is 7.46. The zero-order valence-corrected chi connectivity index (χ0v) is 12.6. The third kappa shape index (κ3) is 3.38. The lowest BCUT2D eigenvalue weighted by molar-refractivity contribution is 0.507. The van der Waals surface area contributed by atoms with Crippen LogP contribution in [0.3, 0.4) is 0 Å². The summed E-state index contributed by atoms with van der Waals surface area (Å²) in [6, 6.07) is 20.7. The van der Waals surface area contributed by atoms with E-state index in [4.69, 9.17) is 0 Å². The maximum absolute atomic E-state index is 4.52. The van der Waals surface area contributed by atoms with Gasteiger partial charge in [0.05, 0.1) is 11.7 Å². The van der Waals surface area contributed by atoms with Gasteiger partial charge in [-0.15, -0.1) is 0 Å². The van der Waals surface area contributed by atoms with Crippen molar-refractivity contribution in [3.63, 3.8) is 0 Å². The molecule has 0 saturated carbocycles. The first-order valence-electron chi connectivity index (χ1n) is 7.46. The number of hydrogen-bond donors (Lipinski definition) is 1. The number of nitrogens with one attached hydrogen (secondary N) is 1. The van der Waals surface area contributed by atoms with E-state index >= 15 is 0 Å². The Morgan fingerprint density at radius 3 is 2.27 bits per heavy atom. The topological polar surface area (TPSA) is 37.8 Å². The van der Waals surface area contributed by atoms with Crippen LogP contribution in [0.2, 0.25) is 0 Å². The van der Waals surface area contributed by atoms with E-state index in [0.29, 0.717) is 0 Å². The Morgan fingerprint density at radius 1 is 0.818 bits per heavy atom. The summed E-state index contributed by atoms with van der Waals surface area (Å²) in [5, 5.41) is 3.66. The van der Waals surface area contributed by atoms with Gasteiger partial charge in [-0.25, -0.2) is 0 Å². The quantitative estimate of drug-likeness (QED) is 0.773.